The summed E-state index contributed by atoms with van der Waals surface area (Å²) in [5.74, 6) is -2.85. The maximum absolute atomic E-state index is 12.7. The topological polar surface area (TPSA) is 168 Å². The largest absolute Gasteiger partial charge is 0.480 e. The van der Waals surface area contributed by atoms with Gasteiger partial charge in [0, 0.05) is 19.0 Å². The molecule has 1 aliphatic carbocycles. The lowest BCUT2D eigenvalue weighted by Gasteiger charge is -2.30. The van der Waals surface area contributed by atoms with Crippen molar-refractivity contribution in [3.8, 4) is 0 Å². The van der Waals surface area contributed by atoms with E-state index in [1.165, 1.54) is 4.90 Å². The number of rotatable bonds is 8. The maximum atomic E-state index is 12.7. The van der Waals surface area contributed by atoms with E-state index in [9.17, 15) is 24.0 Å². The Labute approximate surface area is 193 Å². The molecule has 11 nitrogen and oxygen atoms in total. The second kappa shape index (κ2) is 11.3. The van der Waals surface area contributed by atoms with Gasteiger partial charge in [0.1, 0.15) is 17.7 Å². The molecule has 1 saturated carbocycles. The van der Waals surface area contributed by atoms with Crippen molar-refractivity contribution in [2.75, 3.05) is 13.1 Å². The lowest BCUT2D eigenvalue weighted by Crippen LogP contribution is -2.48. The van der Waals surface area contributed by atoms with Gasteiger partial charge in [0.15, 0.2) is 0 Å². The molecule has 4 amide bonds. The number of carbonyl (C=O) groups is 5. The normalized spacial score (nSPS) is 24.0. The molecule has 0 bridgehead atoms. The first-order valence-corrected chi connectivity index (χ1v) is 11.5. The van der Waals surface area contributed by atoms with Crippen molar-refractivity contribution in [2.45, 2.75) is 83.4 Å². The summed E-state index contributed by atoms with van der Waals surface area (Å²) in [7, 11) is 0. The maximum Gasteiger partial charge on any atom is 0.410 e. The summed E-state index contributed by atoms with van der Waals surface area (Å²) in [4.78, 5) is 61.2. The van der Waals surface area contributed by atoms with Crippen LogP contribution in [-0.2, 0) is 23.9 Å². The van der Waals surface area contributed by atoms with Crippen molar-refractivity contribution < 1.29 is 33.8 Å². The van der Waals surface area contributed by atoms with Gasteiger partial charge in [0.2, 0.25) is 17.7 Å². The molecule has 33 heavy (non-hydrogen) atoms. The highest BCUT2D eigenvalue weighted by molar-refractivity contribution is 5.89. The molecule has 0 radical (unpaired) electrons. The summed E-state index contributed by atoms with van der Waals surface area (Å²) in [5, 5.41) is 14.5. The molecule has 1 aliphatic heterocycles. The molecule has 2 fully saturated rings. The Morgan fingerprint density at radius 3 is 2.24 bits per heavy atom. The van der Waals surface area contributed by atoms with E-state index in [1.54, 1.807) is 20.8 Å². The summed E-state index contributed by atoms with van der Waals surface area (Å²) in [5.41, 5.74) is 4.41. The highest BCUT2D eigenvalue weighted by Crippen LogP contribution is 2.29. The van der Waals surface area contributed by atoms with Crippen molar-refractivity contribution in [1.29, 1.82) is 0 Å². The fourth-order valence-electron chi connectivity index (χ4n) is 4.26. The zero-order chi connectivity index (χ0) is 24.8. The van der Waals surface area contributed by atoms with Gasteiger partial charge >= 0.3 is 12.1 Å². The van der Waals surface area contributed by atoms with Crippen molar-refractivity contribution in [2.24, 2.45) is 17.6 Å². The molecule has 0 aromatic heterocycles. The lowest BCUT2D eigenvalue weighted by molar-refractivity contribution is -0.144. The highest BCUT2D eigenvalue weighted by atomic mass is 16.6. The molecule has 1 heterocycles. The van der Waals surface area contributed by atoms with E-state index in [1.807, 2.05) is 0 Å². The first kappa shape index (κ1) is 26.4. The van der Waals surface area contributed by atoms with Crippen molar-refractivity contribution >= 4 is 29.8 Å². The van der Waals surface area contributed by atoms with Gasteiger partial charge in [-0.15, -0.1) is 0 Å². The number of hydrogen-bond acceptors (Lipinski definition) is 6. The second-order valence-electron chi connectivity index (χ2n) is 9.86. The molecule has 2 rings (SSSR count). The number of primary amides is 1. The monoisotopic (exact) mass is 468 g/mol. The minimum Gasteiger partial charge on any atom is -0.480 e. The van der Waals surface area contributed by atoms with Crippen LogP contribution in [0.3, 0.4) is 0 Å². The molecule has 2 atom stereocenters. The summed E-state index contributed by atoms with van der Waals surface area (Å²) < 4.78 is 5.40. The number of nitrogens with one attached hydrogen (secondary N) is 2. The summed E-state index contributed by atoms with van der Waals surface area (Å²) >= 11 is 0. The van der Waals surface area contributed by atoms with Gasteiger partial charge in [0.05, 0.1) is 6.42 Å². The van der Waals surface area contributed by atoms with Crippen LogP contribution in [-0.4, -0.2) is 70.6 Å². The lowest BCUT2D eigenvalue weighted by atomic mass is 9.81. The van der Waals surface area contributed by atoms with Crippen LogP contribution in [0.1, 0.15) is 65.7 Å². The van der Waals surface area contributed by atoms with Gasteiger partial charge in [0.25, 0.3) is 0 Å². The van der Waals surface area contributed by atoms with Crippen LogP contribution in [0.2, 0.25) is 0 Å². The van der Waals surface area contributed by atoms with Gasteiger partial charge in [-0.1, -0.05) is 0 Å². The third-order valence-corrected chi connectivity index (χ3v) is 5.99. The fourth-order valence-corrected chi connectivity index (χ4v) is 4.26. The van der Waals surface area contributed by atoms with Gasteiger partial charge in [-0.25, -0.2) is 9.59 Å². The van der Waals surface area contributed by atoms with Crippen molar-refractivity contribution in [1.82, 2.24) is 15.5 Å². The highest BCUT2D eigenvalue weighted by Gasteiger charge is 2.37. The molecule has 0 aromatic rings. The minimum absolute atomic E-state index is 0.190. The Bertz CT molecular complexity index is 756. The first-order chi connectivity index (χ1) is 15.4. The van der Waals surface area contributed by atoms with E-state index in [4.69, 9.17) is 15.6 Å². The van der Waals surface area contributed by atoms with Crippen LogP contribution in [0.25, 0.3) is 0 Å². The molecule has 5 N–H and O–H groups in total. The molecule has 1 saturated heterocycles. The van der Waals surface area contributed by atoms with Gasteiger partial charge < -0.3 is 26.2 Å². The first-order valence-electron chi connectivity index (χ1n) is 11.5. The zero-order valence-corrected chi connectivity index (χ0v) is 19.6. The summed E-state index contributed by atoms with van der Waals surface area (Å²) in [6.07, 6.45) is 2.91. The molecule has 0 unspecified atom stereocenters. The predicted molar refractivity (Wildman–Crippen MR) is 118 cm³/mol. The Morgan fingerprint density at radius 2 is 1.70 bits per heavy atom. The number of nitrogens with zero attached hydrogens (tertiary/aromatic N) is 1. The third kappa shape index (κ3) is 8.21. The summed E-state index contributed by atoms with van der Waals surface area (Å²) in [6.45, 7) is 6.29. The number of carboxylic acids is 1. The van der Waals surface area contributed by atoms with E-state index in [-0.39, 0.29) is 17.7 Å². The van der Waals surface area contributed by atoms with E-state index >= 15 is 0 Å². The third-order valence-electron chi connectivity index (χ3n) is 5.99. The van der Waals surface area contributed by atoms with Crippen LogP contribution >= 0.6 is 0 Å². The SMILES string of the molecule is CC(C)(C)OC(=O)N1CCC[C@H]1C(=O)NCC1CCC(C(=O)N[C@H](CC(N)=O)C(=O)O)CC1. The fraction of sp³-hybridized carbons (Fsp3) is 0.773. The number of ether oxygens (including phenoxy) is 1. The van der Waals surface area contributed by atoms with Gasteiger partial charge in [-0.2, -0.15) is 0 Å². The number of likely N-dealkylation sites (tertiary alicyclic amines) is 1. The average molecular weight is 469 g/mol. The van der Waals surface area contributed by atoms with Crippen LogP contribution in [0.4, 0.5) is 4.79 Å². The number of hydrogen-bond donors (Lipinski definition) is 4. The smallest absolute Gasteiger partial charge is 0.410 e. The molecule has 0 spiro atoms. The van der Waals surface area contributed by atoms with E-state index in [0.717, 1.165) is 6.42 Å². The molecule has 0 aromatic carbocycles. The molecule has 186 valence electrons. The summed E-state index contributed by atoms with van der Waals surface area (Å²) in [6, 6.07) is -1.87. The number of amides is 4. The van der Waals surface area contributed by atoms with E-state index in [2.05, 4.69) is 10.6 Å². The molecular formula is C22H36N4O7. The van der Waals surface area contributed by atoms with Gasteiger partial charge in [-0.3, -0.25) is 19.3 Å². The molecular weight excluding hydrogens is 432 g/mol. The Morgan fingerprint density at radius 1 is 1.06 bits per heavy atom. The van der Waals surface area contributed by atoms with E-state index < -0.39 is 48.0 Å². The van der Waals surface area contributed by atoms with Gasteiger partial charge in [-0.05, 0) is 65.2 Å². The van der Waals surface area contributed by atoms with Crippen LogP contribution in [0.15, 0.2) is 0 Å². The van der Waals surface area contributed by atoms with Crippen LogP contribution in [0, 0.1) is 11.8 Å². The van der Waals surface area contributed by atoms with Crippen molar-refractivity contribution in [3.63, 3.8) is 0 Å². The number of nitrogens with two attached hydrogens (primary N) is 1. The van der Waals surface area contributed by atoms with E-state index in [0.29, 0.717) is 45.2 Å². The molecule has 11 heteroatoms. The van der Waals surface area contributed by atoms with Crippen LogP contribution in [0.5, 0.6) is 0 Å². The Kier molecular flexibility index (Phi) is 9.07. The standard InChI is InChI=1S/C22H36N4O7/c1-22(2,3)33-21(32)26-10-4-5-16(26)19(29)24-12-13-6-8-14(9-7-13)18(28)25-15(20(30)31)11-17(23)27/h13-16H,4-12H2,1-3H3,(H2,23,27)(H,24,29)(H,25,28)(H,30,31)/t13?,14?,15-,16+/m1/s1. The van der Waals surface area contributed by atoms with Crippen molar-refractivity contribution in [3.05, 3.63) is 0 Å². The second-order valence-corrected chi connectivity index (χ2v) is 9.86. The molecule has 2 aliphatic rings. The number of carboxylic acid groups (broad SMARTS) is 1. The number of carbonyl (C=O) groups excluding carboxylic acids is 4. The Hall–Kier alpha value is -2.85. The number of aliphatic carboxylic acids is 1. The minimum atomic E-state index is -1.33. The Balaban J connectivity index is 1.78. The predicted octanol–water partition coefficient (Wildman–Crippen LogP) is 0.753. The van der Waals surface area contributed by atoms with Crippen LogP contribution < -0.4 is 16.4 Å². The quantitative estimate of drug-likeness (QED) is 0.407. The zero-order valence-electron chi connectivity index (χ0n) is 19.6. The average Bonchev–Trinajstić information content (AvgIpc) is 3.20.